The zero-order valence-corrected chi connectivity index (χ0v) is 16.2. The van der Waals surface area contributed by atoms with E-state index in [1.165, 1.54) is 12.0 Å². The minimum absolute atomic E-state index is 0.133. The Labute approximate surface area is 150 Å². The maximum absolute atomic E-state index is 12.9. The molecule has 0 bridgehead atoms. The van der Waals surface area contributed by atoms with Gasteiger partial charge in [0.05, 0.1) is 7.11 Å². The molecule has 25 heavy (non-hydrogen) atoms. The number of rotatable bonds is 7. The van der Waals surface area contributed by atoms with Crippen LogP contribution in [0.3, 0.4) is 0 Å². The number of carbonyl (C=O) groups excluding carboxylic acids is 2. The van der Waals surface area contributed by atoms with Crippen LogP contribution in [-0.2, 0) is 30.3 Å². The molecule has 6 nitrogen and oxygen atoms in total. The summed E-state index contributed by atoms with van der Waals surface area (Å²) in [5.41, 5.74) is 1.04. The first-order valence-electron chi connectivity index (χ1n) is 8.19. The minimum Gasteiger partial charge on any atom is -0.467 e. The van der Waals surface area contributed by atoms with Crippen molar-refractivity contribution in [2.45, 2.75) is 46.6 Å². The van der Waals surface area contributed by atoms with Gasteiger partial charge in [0.2, 0.25) is 5.91 Å². The molecule has 6 heteroatoms. The molecule has 140 valence electrons. The van der Waals surface area contributed by atoms with Gasteiger partial charge in [0, 0.05) is 31.7 Å². The second-order valence-electron chi connectivity index (χ2n) is 6.88. The van der Waals surface area contributed by atoms with E-state index in [1.807, 2.05) is 45.0 Å². The number of nitrogens with zero attached hydrogens (tertiary/aromatic N) is 1. The molecule has 0 aliphatic rings. The zero-order chi connectivity index (χ0) is 19.2. The molecule has 0 saturated heterocycles. The number of ether oxygens (including phenoxy) is 3. The standard InChI is InChI=1S/C19H29NO5/c1-13(16(21)23-5)20(18(22)19(2,3)4)12-14-10-8-9-11-15(14)17(24-6)25-7/h8-11,13,17H,12H2,1-7H3/t13-/m0/s1. The molecule has 0 heterocycles. The molecular weight excluding hydrogens is 322 g/mol. The Balaban J connectivity index is 3.27. The van der Waals surface area contributed by atoms with Crippen molar-refractivity contribution >= 4 is 11.9 Å². The highest BCUT2D eigenvalue weighted by Gasteiger charge is 2.34. The molecule has 0 aliphatic carbocycles. The topological polar surface area (TPSA) is 65.1 Å². The van der Waals surface area contributed by atoms with Crippen LogP contribution in [0.5, 0.6) is 0 Å². The Bertz CT molecular complexity index is 590. The predicted molar refractivity (Wildman–Crippen MR) is 94.7 cm³/mol. The highest BCUT2D eigenvalue weighted by molar-refractivity contribution is 5.87. The molecule has 1 amide bonds. The van der Waals surface area contributed by atoms with Crippen LogP contribution in [0.4, 0.5) is 0 Å². The number of methoxy groups -OCH3 is 3. The number of esters is 1. The van der Waals surface area contributed by atoms with Crippen LogP contribution in [0.25, 0.3) is 0 Å². The highest BCUT2D eigenvalue weighted by Crippen LogP contribution is 2.26. The van der Waals surface area contributed by atoms with Gasteiger partial charge in [0.1, 0.15) is 6.04 Å². The fraction of sp³-hybridized carbons (Fsp3) is 0.579. The third-order valence-electron chi connectivity index (χ3n) is 3.99. The summed E-state index contributed by atoms with van der Waals surface area (Å²) in [7, 11) is 4.43. The minimum atomic E-state index is -0.701. The Morgan fingerprint density at radius 3 is 2.12 bits per heavy atom. The largest absolute Gasteiger partial charge is 0.467 e. The van der Waals surface area contributed by atoms with E-state index < -0.39 is 23.7 Å². The van der Waals surface area contributed by atoms with E-state index in [9.17, 15) is 9.59 Å². The Hall–Kier alpha value is -1.92. The molecule has 1 atom stereocenters. The summed E-state index contributed by atoms with van der Waals surface area (Å²) in [6, 6.07) is 6.84. The number of hydrogen-bond donors (Lipinski definition) is 0. The van der Waals surface area contributed by atoms with Gasteiger partial charge in [-0.15, -0.1) is 0 Å². The quantitative estimate of drug-likeness (QED) is 0.558. The van der Waals surface area contributed by atoms with Crippen LogP contribution in [0.1, 0.15) is 45.1 Å². The summed E-state index contributed by atoms with van der Waals surface area (Å²) in [5.74, 6) is -0.586. The molecule has 0 aromatic heterocycles. The summed E-state index contributed by atoms with van der Waals surface area (Å²) in [6.45, 7) is 7.40. The van der Waals surface area contributed by atoms with Gasteiger partial charge in [-0.25, -0.2) is 4.79 Å². The molecule has 0 aliphatic heterocycles. The van der Waals surface area contributed by atoms with Crippen LogP contribution in [-0.4, -0.2) is 44.1 Å². The average Bonchev–Trinajstić information content (AvgIpc) is 2.59. The van der Waals surface area contributed by atoms with Crippen molar-refractivity contribution in [2.24, 2.45) is 5.41 Å². The van der Waals surface area contributed by atoms with Crippen LogP contribution < -0.4 is 0 Å². The first-order valence-corrected chi connectivity index (χ1v) is 8.19. The highest BCUT2D eigenvalue weighted by atomic mass is 16.7. The van der Waals surface area contributed by atoms with Gasteiger partial charge < -0.3 is 19.1 Å². The average molecular weight is 351 g/mol. The molecule has 0 fully saturated rings. The van der Waals surface area contributed by atoms with E-state index in [1.54, 1.807) is 21.1 Å². The molecule has 0 unspecified atom stereocenters. The van der Waals surface area contributed by atoms with E-state index in [0.717, 1.165) is 11.1 Å². The molecule has 1 aromatic rings. The predicted octanol–water partition coefficient (Wildman–Crippen LogP) is 2.91. The van der Waals surface area contributed by atoms with E-state index in [2.05, 4.69) is 0 Å². The third-order valence-corrected chi connectivity index (χ3v) is 3.99. The second-order valence-corrected chi connectivity index (χ2v) is 6.88. The summed E-state index contributed by atoms with van der Waals surface area (Å²) < 4.78 is 15.5. The number of benzene rings is 1. The van der Waals surface area contributed by atoms with E-state index >= 15 is 0 Å². The Kier molecular flexibility index (Phi) is 7.58. The van der Waals surface area contributed by atoms with Crippen LogP contribution >= 0.6 is 0 Å². The Morgan fingerprint density at radius 1 is 1.08 bits per heavy atom. The number of amides is 1. The normalized spacial score (nSPS) is 12.8. The Morgan fingerprint density at radius 2 is 1.64 bits per heavy atom. The van der Waals surface area contributed by atoms with Gasteiger partial charge in [0.25, 0.3) is 0 Å². The summed E-state index contributed by atoms with van der Waals surface area (Å²) in [5, 5.41) is 0. The fourth-order valence-corrected chi connectivity index (χ4v) is 2.56. The molecule has 0 N–H and O–H groups in total. The van der Waals surface area contributed by atoms with E-state index in [4.69, 9.17) is 14.2 Å². The van der Waals surface area contributed by atoms with Crippen LogP contribution in [0.15, 0.2) is 24.3 Å². The van der Waals surface area contributed by atoms with Crippen molar-refractivity contribution in [3.8, 4) is 0 Å². The fourth-order valence-electron chi connectivity index (χ4n) is 2.56. The van der Waals surface area contributed by atoms with Crippen molar-refractivity contribution in [1.82, 2.24) is 4.90 Å². The molecule has 0 saturated carbocycles. The van der Waals surface area contributed by atoms with Crippen molar-refractivity contribution in [2.75, 3.05) is 21.3 Å². The second kappa shape index (κ2) is 8.97. The van der Waals surface area contributed by atoms with E-state index in [0.29, 0.717) is 0 Å². The van der Waals surface area contributed by atoms with Gasteiger partial charge in [-0.05, 0) is 12.5 Å². The monoisotopic (exact) mass is 351 g/mol. The SMILES string of the molecule is COC(=O)[C@H](C)N(Cc1ccccc1C(OC)OC)C(=O)C(C)(C)C. The number of carbonyl (C=O) groups is 2. The summed E-state index contributed by atoms with van der Waals surface area (Å²) >= 11 is 0. The first kappa shape index (κ1) is 21.1. The number of hydrogen-bond acceptors (Lipinski definition) is 5. The third kappa shape index (κ3) is 5.28. The summed E-state index contributed by atoms with van der Waals surface area (Å²) in [4.78, 5) is 26.5. The zero-order valence-electron chi connectivity index (χ0n) is 16.2. The van der Waals surface area contributed by atoms with Gasteiger partial charge in [-0.3, -0.25) is 4.79 Å². The maximum Gasteiger partial charge on any atom is 0.328 e. The molecular formula is C19H29NO5. The molecule has 1 aromatic carbocycles. The lowest BCUT2D eigenvalue weighted by Crippen LogP contribution is -2.48. The molecule has 1 rings (SSSR count). The van der Waals surface area contributed by atoms with Gasteiger partial charge >= 0.3 is 5.97 Å². The molecule has 0 radical (unpaired) electrons. The first-order chi connectivity index (χ1) is 11.7. The lowest BCUT2D eigenvalue weighted by molar-refractivity contribution is -0.156. The van der Waals surface area contributed by atoms with Crippen molar-refractivity contribution in [3.63, 3.8) is 0 Å². The lowest BCUT2D eigenvalue weighted by Gasteiger charge is -2.34. The smallest absolute Gasteiger partial charge is 0.328 e. The van der Waals surface area contributed by atoms with Crippen molar-refractivity contribution in [1.29, 1.82) is 0 Å². The van der Waals surface area contributed by atoms with Crippen LogP contribution in [0, 0.1) is 5.41 Å². The summed E-state index contributed by atoms with van der Waals surface area (Å²) in [6.07, 6.45) is -0.545. The van der Waals surface area contributed by atoms with Crippen LogP contribution in [0.2, 0.25) is 0 Å². The lowest BCUT2D eigenvalue weighted by atomic mass is 9.93. The van der Waals surface area contributed by atoms with E-state index in [-0.39, 0.29) is 12.5 Å². The van der Waals surface area contributed by atoms with Crippen molar-refractivity contribution in [3.05, 3.63) is 35.4 Å². The van der Waals surface area contributed by atoms with Crippen molar-refractivity contribution < 1.29 is 23.8 Å². The molecule has 0 spiro atoms. The maximum atomic E-state index is 12.9. The van der Waals surface area contributed by atoms with Gasteiger partial charge in [-0.1, -0.05) is 45.0 Å². The van der Waals surface area contributed by atoms with Gasteiger partial charge in [-0.2, -0.15) is 0 Å². The van der Waals surface area contributed by atoms with Gasteiger partial charge in [0.15, 0.2) is 6.29 Å².